The zero-order valence-electron chi connectivity index (χ0n) is 7.70. The Morgan fingerprint density at radius 2 is 2.31 bits per heavy atom. The predicted molar refractivity (Wildman–Crippen MR) is 51.2 cm³/mol. The maximum absolute atomic E-state index is 8.84. The molecule has 1 rings (SSSR count). The van der Waals surface area contributed by atoms with Crippen molar-refractivity contribution in [2.45, 2.75) is 19.3 Å². The Labute approximate surface area is 78.4 Å². The molecule has 1 unspecified atom stereocenters. The number of aryl methyl sites for hydroxylation is 1. The van der Waals surface area contributed by atoms with Gasteiger partial charge in [0.25, 0.3) is 0 Å². The number of aliphatic hydroxyl groups is 1. The first-order valence-electron chi connectivity index (χ1n) is 4.35. The standard InChI is InChI=1S/C11H13NO/c1-9-3-2-4-10(7-9)11(8-12)5-6-13/h2-4,7,11,13H,5-6H2,1H3. The summed E-state index contributed by atoms with van der Waals surface area (Å²) in [6.07, 6.45) is 0.514. The third-order valence-corrected chi connectivity index (χ3v) is 2.02. The molecule has 0 spiro atoms. The lowest BCUT2D eigenvalue weighted by atomic mass is 9.96. The van der Waals surface area contributed by atoms with E-state index in [1.165, 1.54) is 0 Å². The summed E-state index contributed by atoms with van der Waals surface area (Å²) < 4.78 is 0. The van der Waals surface area contributed by atoms with Crippen molar-refractivity contribution >= 4 is 0 Å². The average Bonchev–Trinajstić information content (AvgIpc) is 2.14. The number of nitriles is 1. The van der Waals surface area contributed by atoms with Gasteiger partial charge in [-0.15, -0.1) is 0 Å². The Morgan fingerprint density at radius 1 is 1.54 bits per heavy atom. The minimum Gasteiger partial charge on any atom is -0.396 e. The molecule has 0 aliphatic carbocycles. The monoisotopic (exact) mass is 175 g/mol. The SMILES string of the molecule is Cc1cccc(C(C#N)CCO)c1. The number of hydrogen-bond donors (Lipinski definition) is 1. The quantitative estimate of drug-likeness (QED) is 0.763. The highest BCUT2D eigenvalue weighted by molar-refractivity contribution is 5.28. The van der Waals surface area contributed by atoms with E-state index in [0.717, 1.165) is 11.1 Å². The first-order chi connectivity index (χ1) is 6.27. The van der Waals surface area contributed by atoms with E-state index in [2.05, 4.69) is 6.07 Å². The Hall–Kier alpha value is -1.33. The highest BCUT2D eigenvalue weighted by Gasteiger charge is 2.08. The number of rotatable bonds is 3. The smallest absolute Gasteiger partial charge is 0.0734 e. The van der Waals surface area contributed by atoms with Crippen LogP contribution in [-0.4, -0.2) is 11.7 Å². The topological polar surface area (TPSA) is 44.0 Å². The van der Waals surface area contributed by atoms with Crippen molar-refractivity contribution in [3.8, 4) is 6.07 Å². The molecule has 2 heteroatoms. The summed E-state index contributed by atoms with van der Waals surface area (Å²) in [6.45, 7) is 2.06. The summed E-state index contributed by atoms with van der Waals surface area (Å²) in [6, 6.07) is 10.0. The fraction of sp³-hybridized carbons (Fsp3) is 0.364. The molecular formula is C11H13NO. The van der Waals surface area contributed by atoms with Crippen LogP contribution in [0.2, 0.25) is 0 Å². The molecule has 2 nitrogen and oxygen atoms in total. The van der Waals surface area contributed by atoms with Crippen LogP contribution in [0.25, 0.3) is 0 Å². The second-order valence-electron chi connectivity index (χ2n) is 3.11. The minimum atomic E-state index is -0.176. The maximum atomic E-state index is 8.84. The third kappa shape index (κ3) is 2.57. The van der Waals surface area contributed by atoms with Crippen molar-refractivity contribution in [1.29, 1.82) is 5.26 Å². The van der Waals surface area contributed by atoms with Crippen LogP contribution in [0.5, 0.6) is 0 Å². The first-order valence-corrected chi connectivity index (χ1v) is 4.35. The fourth-order valence-corrected chi connectivity index (χ4v) is 1.32. The Bertz CT molecular complexity index is 314. The molecule has 0 heterocycles. The van der Waals surface area contributed by atoms with E-state index in [9.17, 15) is 0 Å². The number of hydrogen-bond acceptors (Lipinski definition) is 2. The molecule has 68 valence electrons. The van der Waals surface area contributed by atoms with Crippen LogP contribution in [-0.2, 0) is 0 Å². The van der Waals surface area contributed by atoms with Crippen LogP contribution < -0.4 is 0 Å². The molecule has 1 aromatic carbocycles. The van der Waals surface area contributed by atoms with Crippen molar-refractivity contribution < 1.29 is 5.11 Å². The van der Waals surface area contributed by atoms with E-state index < -0.39 is 0 Å². The summed E-state index contributed by atoms with van der Waals surface area (Å²) in [5, 5.41) is 17.6. The molecule has 0 bridgehead atoms. The highest BCUT2D eigenvalue weighted by atomic mass is 16.3. The number of nitrogens with zero attached hydrogens (tertiary/aromatic N) is 1. The maximum Gasteiger partial charge on any atom is 0.0734 e. The Morgan fingerprint density at radius 3 is 2.85 bits per heavy atom. The fourth-order valence-electron chi connectivity index (χ4n) is 1.32. The molecule has 1 atom stereocenters. The van der Waals surface area contributed by atoms with Gasteiger partial charge in [-0.3, -0.25) is 0 Å². The molecule has 13 heavy (non-hydrogen) atoms. The molecule has 1 aromatic rings. The molecule has 0 saturated carbocycles. The molecular weight excluding hydrogens is 162 g/mol. The van der Waals surface area contributed by atoms with Crippen molar-refractivity contribution in [2.75, 3.05) is 6.61 Å². The zero-order chi connectivity index (χ0) is 9.68. The van der Waals surface area contributed by atoms with Gasteiger partial charge in [-0.25, -0.2) is 0 Å². The van der Waals surface area contributed by atoms with E-state index in [4.69, 9.17) is 10.4 Å². The first kappa shape index (κ1) is 9.76. The van der Waals surface area contributed by atoms with Crippen LogP contribution in [0.4, 0.5) is 0 Å². The third-order valence-electron chi connectivity index (χ3n) is 2.02. The van der Waals surface area contributed by atoms with Gasteiger partial charge in [0.05, 0.1) is 12.0 Å². The van der Waals surface area contributed by atoms with Crippen LogP contribution in [0, 0.1) is 18.3 Å². The Balaban J connectivity index is 2.86. The number of aliphatic hydroxyl groups excluding tert-OH is 1. The summed E-state index contributed by atoms with van der Waals surface area (Å²) in [7, 11) is 0. The largest absolute Gasteiger partial charge is 0.396 e. The van der Waals surface area contributed by atoms with Gasteiger partial charge >= 0.3 is 0 Å². The second kappa shape index (κ2) is 4.64. The van der Waals surface area contributed by atoms with E-state index in [-0.39, 0.29) is 12.5 Å². The van der Waals surface area contributed by atoms with Gasteiger partial charge in [-0.2, -0.15) is 5.26 Å². The average molecular weight is 175 g/mol. The lowest BCUT2D eigenvalue weighted by Gasteiger charge is -2.07. The van der Waals surface area contributed by atoms with Gasteiger partial charge in [-0.05, 0) is 18.9 Å². The normalized spacial score (nSPS) is 12.1. The van der Waals surface area contributed by atoms with Gasteiger partial charge in [0.1, 0.15) is 0 Å². The van der Waals surface area contributed by atoms with Crippen molar-refractivity contribution in [3.63, 3.8) is 0 Å². The molecule has 0 amide bonds. The predicted octanol–water partition coefficient (Wildman–Crippen LogP) is 1.98. The van der Waals surface area contributed by atoms with Gasteiger partial charge in [0.15, 0.2) is 0 Å². The molecule has 0 aromatic heterocycles. The molecule has 0 radical (unpaired) electrons. The Kier molecular flexibility index (Phi) is 3.48. The van der Waals surface area contributed by atoms with Crippen LogP contribution >= 0.6 is 0 Å². The van der Waals surface area contributed by atoms with E-state index in [0.29, 0.717) is 6.42 Å². The van der Waals surface area contributed by atoms with Crippen molar-refractivity contribution in [1.82, 2.24) is 0 Å². The lowest BCUT2D eigenvalue weighted by molar-refractivity contribution is 0.283. The number of benzene rings is 1. The summed E-state index contributed by atoms with van der Waals surface area (Å²) in [5.41, 5.74) is 2.15. The van der Waals surface area contributed by atoms with Gasteiger partial charge in [0.2, 0.25) is 0 Å². The van der Waals surface area contributed by atoms with Gasteiger partial charge < -0.3 is 5.11 Å². The molecule has 0 aliphatic rings. The van der Waals surface area contributed by atoms with E-state index in [1.807, 2.05) is 31.2 Å². The molecule has 1 N–H and O–H groups in total. The summed E-state index contributed by atoms with van der Waals surface area (Å²) >= 11 is 0. The summed E-state index contributed by atoms with van der Waals surface area (Å²) in [4.78, 5) is 0. The highest BCUT2D eigenvalue weighted by Crippen LogP contribution is 2.19. The molecule has 0 aliphatic heterocycles. The van der Waals surface area contributed by atoms with Crippen molar-refractivity contribution in [2.24, 2.45) is 0 Å². The van der Waals surface area contributed by atoms with E-state index in [1.54, 1.807) is 0 Å². The van der Waals surface area contributed by atoms with E-state index >= 15 is 0 Å². The van der Waals surface area contributed by atoms with Gasteiger partial charge in [-0.1, -0.05) is 29.8 Å². The second-order valence-corrected chi connectivity index (χ2v) is 3.11. The van der Waals surface area contributed by atoms with Crippen molar-refractivity contribution in [3.05, 3.63) is 35.4 Å². The zero-order valence-corrected chi connectivity index (χ0v) is 7.70. The summed E-state index contributed by atoms with van der Waals surface area (Å²) in [5.74, 6) is -0.176. The lowest BCUT2D eigenvalue weighted by Crippen LogP contribution is -1.98. The van der Waals surface area contributed by atoms with Crippen LogP contribution in [0.15, 0.2) is 24.3 Å². The van der Waals surface area contributed by atoms with Crippen LogP contribution in [0.3, 0.4) is 0 Å². The van der Waals surface area contributed by atoms with Crippen LogP contribution in [0.1, 0.15) is 23.5 Å². The molecule has 0 fully saturated rings. The molecule has 0 saturated heterocycles. The van der Waals surface area contributed by atoms with Gasteiger partial charge in [0, 0.05) is 6.61 Å². The minimum absolute atomic E-state index is 0.0617.